The molecule has 0 spiro atoms. The summed E-state index contributed by atoms with van der Waals surface area (Å²) in [6, 6.07) is 11.4. The van der Waals surface area contributed by atoms with Crippen LogP contribution < -0.4 is 5.73 Å². The van der Waals surface area contributed by atoms with Gasteiger partial charge in [0.2, 0.25) is 5.76 Å². The lowest BCUT2D eigenvalue weighted by atomic mass is 9.97. The van der Waals surface area contributed by atoms with Crippen molar-refractivity contribution in [3.05, 3.63) is 53.5 Å². The third-order valence-corrected chi connectivity index (χ3v) is 3.99. The third kappa shape index (κ3) is 4.15. The van der Waals surface area contributed by atoms with Crippen LogP contribution in [-0.2, 0) is 11.3 Å². The number of anilines is 1. The second-order valence-corrected chi connectivity index (χ2v) is 5.76. The third-order valence-electron chi connectivity index (χ3n) is 3.99. The fourth-order valence-electron chi connectivity index (χ4n) is 2.70. The molecule has 1 aromatic heterocycles. The summed E-state index contributed by atoms with van der Waals surface area (Å²) >= 11 is 0. The van der Waals surface area contributed by atoms with Crippen LogP contribution in [0.2, 0.25) is 0 Å². The molecule has 0 radical (unpaired) electrons. The number of aliphatic hydroxyl groups is 2. The smallest absolute Gasteiger partial charge is 0.226 e. The Bertz CT molecular complexity index is 678. The number of benzene rings is 1. The van der Waals surface area contributed by atoms with Crippen molar-refractivity contribution in [2.45, 2.75) is 32.2 Å². The Labute approximate surface area is 141 Å². The zero-order valence-corrected chi connectivity index (χ0v) is 13.6. The number of aliphatic hydroxyl groups excluding tert-OH is 2. The van der Waals surface area contributed by atoms with Gasteiger partial charge >= 0.3 is 0 Å². The van der Waals surface area contributed by atoms with Gasteiger partial charge in [0.15, 0.2) is 0 Å². The number of nitrogens with zero attached hydrogens (tertiary/aromatic N) is 1. The molecule has 3 rings (SSSR count). The Kier molecular flexibility index (Phi) is 6.38. The Morgan fingerprint density at radius 1 is 1.29 bits per heavy atom. The van der Waals surface area contributed by atoms with Crippen LogP contribution in [0.1, 0.15) is 36.3 Å². The van der Waals surface area contributed by atoms with E-state index in [1.165, 1.54) is 6.26 Å². The van der Waals surface area contributed by atoms with Crippen LogP contribution in [-0.4, -0.2) is 22.9 Å². The van der Waals surface area contributed by atoms with Gasteiger partial charge in [-0.2, -0.15) is 5.26 Å². The fraction of sp³-hybridized carbons (Fsp3) is 0.389. The summed E-state index contributed by atoms with van der Waals surface area (Å²) < 4.78 is 10.7. The van der Waals surface area contributed by atoms with Crippen LogP contribution in [0.5, 0.6) is 0 Å². The molecule has 1 aromatic carbocycles. The molecule has 1 saturated heterocycles. The first-order valence-electron chi connectivity index (χ1n) is 7.78. The van der Waals surface area contributed by atoms with E-state index < -0.39 is 0 Å². The lowest BCUT2D eigenvalue weighted by Crippen LogP contribution is -2.11. The molecule has 1 unspecified atom stereocenters. The van der Waals surface area contributed by atoms with Crippen molar-refractivity contribution >= 4 is 5.69 Å². The minimum Gasteiger partial charge on any atom is -0.451 e. The van der Waals surface area contributed by atoms with Crippen molar-refractivity contribution in [1.29, 1.82) is 5.26 Å². The maximum atomic E-state index is 9.04. The lowest BCUT2D eigenvalue weighted by Gasteiger charge is -2.13. The van der Waals surface area contributed by atoms with E-state index in [1.807, 2.05) is 43.3 Å². The summed E-state index contributed by atoms with van der Waals surface area (Å²) in [7, 11) is 0. The van der Waals surface area contributed by atoms with Crippen molar-refractivity contribution in [2.75, 3.05) is 12.3 Å². The fourth-order valence-corrected chi connectivity index (χ4v) is 2.70. The SMILES string of the molecule is CC1C[C@@H](CO)O[C@H]1c1coc(C#N)c1N.OCc1ccccc1. The van der Waals surface area contributed by atoms with E-state index in [1.54, 1.807) is 0 Å². The van der Waals surface area contributed by atoms with Gasteiger partial charge in [0.1, 0.15) is 12.3 Å². The number of ether oxygens (including phenoxy) is 1. The van der Waals surface area contributed by atoms with Crippen molar-refractivity contribution in [3.8, 4) is 6.07 Å². The molecule has 1 fully saturated rings. The van der Waals surface area contributed by atoms with Gasteiger partial charge < -0.3 is 25.1 Å². The van der Waals surface area contributed by atoms with Gasteiger partial charge in [-0.3, -0.25) is 0 Å². The largest absolute Gasteiger partial charge is 0.451 e. The van der Waals surface area contributed by atoms with Crippen molar-refractivity contribution < 1.29 is 19.4 Å². The van der Waals surface area contributed by atoms with E-state index in [0.717, 1.165) is 12.0 Å². The van der Waals surface area contributed by atoms with Crippen molar-refractivity contribution in [3.63, 3.8) is 0 Å². The quantitative estimate of drug-likeness (QED) is 0.796. The topological polar surface area (TPSA) is 113 Å². The predicted molar refractivity (Wildman–Crippen MR) is 88.7 cm³/mol. The Hall–Kier alpha value is -2.33. The highest BCUT2D eigenvalue weighted by molar-refractivity contribution is 5.55. The predicted octanol–water partition coefficient (Wildman–Crippen LogP) is 2.37. The molecule has 24 heavy (non-hydrogen) atoms. The van der Waals surface area contributed by atoms with Gasteiger partial charge in [0.05, 0.1) is 31.1 Å². The average Bonchev–Trinajstić information content (AvgIpc) is 3.18. The molecule has 0 amide bonds. The van der Waals surface area contributed by atoms with E-state index in [-0.39, 0.29) is 37.1 Å². The van der Waals surface area contributed by atoms with Gasteiger partial charge in [-0.1, -0.05) is 37.3 Å². The zero-order valence-electron chi connectivity index (χ0n) is 13.6. The standard InChI is InChI=1S/C11H14N2O3.C7H8O/c1-6-2-7(4-14)16-11(6)8-5-15-9(3-12)10(8)13;8-6-7-4-2-1-3-5-7/h5-7,11,14H,2,4,13H2,1H3;1-5,8H,6H2/t6?,7-,11+;/m0./s1. The van der Waals surface area contributed by atoms with Crippen LogP contribution in [0.3, 0.4) is 0 Å². The van der Waals surface area contributed by atoms with E-state index in [0.29, 0.717) is 11.3 Å². The minimum absolute atomic E-state index is 0.00367. The van der Waals surface area contributed by atoms with Crippen LogP contribution >= 0.6 is 0 Å². The molecule has 0 saturated carbocycles. The summed E-state index contributed by atoms with van der Waals surface area (Å²) in [4.78, 5) is 0. The van der Waals surface area contributed by atoms with E-state index in [9.17, 15) is 0 Å². The Morgan fingerprint density at radius 2 is 2.00 bits per heavy atom. The summed E-state index contributed by atoms with van der Waals surface area (Å²) in [6.45, 7) is 2.17. The summed E-state index contributed by atoms with van der Waals surface area (Å²) in [6.07, 6.45) is 1.91. The first-order valence-corrected chi connectivity index (χ1v) is 7.78. The van der Waals surface area contributed by atoms with E-state index >= 15 is 0 Å². The second-order valence-electron chi connectivity index (χ2n) is 5.76. The van der Waals surface area contributed by atoms with Crippen molar-refractivity contribution in [1.82, 2.24) is 0 Å². The number of hydrogen-bond donors (Lipinski definition) is 3. The molecule has 128 valence electrons. The highest BCUT2D eigenvalue weighted by Gasteiger charge is 2.35. The molecule has 1 aliphatic heterocycles. The molecule has 2 heterocycles. The Balaban J connectivity index is 0.000000219. The maximum Gasteiger partial charge on any atom is 0.226 e. The van der Waals surface area contributed by atoms with Gasteiger partial charge in [-0.05, 0) is 17.9 Å². The molecular weight excluding hydrogens is 308 g/mol. The summed E-state index contributed by atoms with van der Waals surface area (Å²) in [5.74, 6) is 0.377. The number of nitrogen functional groups attached to an aromatic ring is 1. The monoisotopic (exact) mass is 330 g/mol. The van der Waals surface area contributed by atoms with Gasteiger partial charge in [0, 0.05) is 5.56 Å². The van der Waals surface area contributed by atoms with Crippen LogP contribution in [0, 0.1) is 17.2 Å². The molecule has 6 heteroatoms. The summed E-state index contributed by atoms with van der Waals surface area (Å²) in [5, 5.41) is 26.3. The Morgan fingerprint density at radius 3 is 2.46 bits per heavy atom. The molecule has 0 aliphatic carbocycles. The van der Waals surface area contributed by atoms with Gasteiger partial charge in [-0.15, -0.1) is 0 Å². The highest BCUT2D eigenvalue weighted by Crippen LogP contribution is 2.41. The molecule has 0 bridgehead atoms. The lowest BCUT2D eigenvalue weighted by molar-refractivity contribution is 0.00525. The van der Waals surface area contributed by atoms with Crippen LogP contribution in [0.4, 0.5) is 5.69 Å². The van der Waals surface area contributed by atoms with Crippen LogP contribution in [0.15, 0.2) is 41.0 Å². The van der Waals surface area contributed by atoms with Crippen LogP contribution in [0.25, 0.3) is 0 Å². The van der Waals surface area contributed by atoms with E-state index in [4.69, 9.17) is 30.4 Å². The maximum absolute atomic E-state index is 9.04. The number of hydrogen-bond acceptors (Lipinski definition) is 6. The number of nitriles is 1. The van der Waals surface area contributed by atoms with Crippen molar-refractivity contribution in [2.24, 2.45) is 5.92 Å². The molecule has 6 nitrogen and oxygen atoms in total. The van der Waals surface area contributed by atoms with Gasteiger partial charge in [0.25, 0.3) is 0 Å². The van der Waals surface area contributed by atoms with E-state index in [2.05, 4.69) is 0 Å². The molecular formula is C18H22N2O4. The molecule has 2 aromatic rings. The second kappa shape index (κ2) is 8.50. The highest BCUT2D eigenvalue weighted by atomic mass is 16.5. The van der Waals surface area contributed by atoms with Gasteiger partial charge in [-0.25, -0.2) is 0 Å². The zero-order chi connectivity index (χ0) is 17.5. The average molecular weight is 330 g/mol. The first kappa shape index (κ1) is 18.0. The summed E-state index contributed by atoms with van der Waals surface area (Å²) in [5.41, 5.74) is 7.80. The molecule has 3 atom stereocenters. The number of nitrogens with two attached hydrogens (primary N) is 1. The first-order chi connectivity index (χ1) is 11.6. The minimum atomic E-state index is -0.192. The molecule has 4 N–H and O–H groups in total. The number of furan rings is 1. The number of rotatable bonds is 3. The molecule has 1 aliphatic rings. The normalized spacial score (nSPS) is 22.5.